The number of hydrogen-bond donors (Lipinski definition) is 1. The van der Waals surface area contributed by atoms with Gasteiger partial charge in [-0.3, -0.25) is 9.69 Å². The Morgan fingerprint density at radius 3 is 2.70 bits per heavy atom. The van der Waals surface area contributed by atoms with Gasteiger partial charge in [0, 0.05) is 18.6 Å². The van der Waals surface area contributed by atoms with E-state index < -0.39 is 22.0 Å². The van der Waals surface area contributed by atoms with Crippen molar-refractivity contribution >= 4 is 16.0 Å². The molecule has 0 bridgehead atoms. The van der Waals surface area contributed by atoms with Gasteiger partial charge in [-0.1, -0.05) is 24.3 Å². The number of nitriles is 1. The number of piperidine rings is 3. The fourth-order valence-electron chi connectivity index (χ4n) is 5.61. The average molecular weight is 430 g/mol. The quantitative estimate of drug-likeness (QED) is 0.722. The smallest absolute Gasteiger partial charge is 0.307 e. The largest absolute Gasteiger partial charge is 0.481 e. The number of aliphatic carboxylic acids is 1. The molecule has 8 heteroatoms. The summed E-state index contributed by atoms with van der Waals surface area (Å²) in [6, 6.07) is 8.26. The molecule has 0 amide bonds. The fourth-order valence-corrected chi connectivity index (χ4v) is 7.44. The van der Waals surface area contributed by atoms with E-state index in [0.717, 1.165) is 38.8 Å². The minimum Gasteiger partial charge on any atom is -0.481 e. The summed E-state index contributed by atoms with van der Waals surface area (Å²) < 4.78 is 29.0. The van der Waals surface area contributed by atoms with Crippen LogP contribution in [0.2, 0.25) is 0 Å². The molecule has 4 rings (SSSR count). The maximum atomic E-state index is 13.7. The Balaban J connectivity index is 1.76. The predicted octanol–water partition coefficient (Wildman–Crippen LogP) is 2.45. The lowest BCUT2D eigenvalue weighted by atomic mass is 9.70. The monoisotopic (exact) mass is 429 g/mol. The summed E-state index contributed by atoms with van der Waals surface area (Å²) in [5.74, 6) is -0.545. The molecule has 4 atom stereocenters. The highest BCUT2D eigenvalue weighted by Gasteiger charge is 2.51. The minimum atomic E-state index is -3.90. The second kappa shape index (κ2) is 8.50. The first kappa shape index (κ1) is 21.0. The highest BCUT2D eigenvalue weighted by Crippen LogP contribution is 2.44. The van der Waals surface area contributed by atoms with E-state index in [4.69, 9.17) is 5.11 Å². The van der Waals surface area contributed by atoms with E-state index in [1.165, 1.54) is 12.1 Å². The highest BCUT2D eigenvalue weighted by molar-refractivity contribution is 7.89. The van der Waals surface area contributed by atoms with E-state index in [1.807, 2.05) is 6.07 Å². The van der Waals surface area contributed by atoms with Crippen LogP contribution in [0.4, 0.5) is 0 Å². The Kier molecular flexibility index (Phi) is 5.96. The molecule has 0 spiro atoms. The Labute approximate surface area is 177 Å². The molecule has 0 aromatic heterocycles. The standard InChI is InChI=1S/C22H27N3O4S/c23-14-16-6-1-2-10-20(16)30(28,29)25-15-17-7-4-12-24-13-5-8-18(22(17)24)19(25)9-3-11-21(26)27/h1-3,6,9-10,17-19,22H,4-5,7-8,11-13,15H2,(H,26,27)/b9-3-/t17-,18+,19+,22-/m0/s1. The number of rotatable bonds is 5. The molecule has 3 aliphatic heterocycles. The second-order valence-corrected chi connectivity index (χ2v) is 10.3. The predicted molar refractivity (Wildman–Crippen MR) is 111 cm³/mol. The lowest BCUT2D eigenvalue weighted by molar-refractivity contribution is -0.136. The number of hydrogen-bond acceptors (Lipinski definition) is 5. The molecule has 7 nitrogen and oxygen atoms in total. The Morgan fingerprint density at radius 1 is 1.23 bits per heavy atom. The first-order valence-electron chi connectivity index (χ1n) is 10.6. The van der Waals surface area contributed by atoms with Gasteiger partial charge in [0.2, 0.25) is 10.0 Å². The van der Waals surface area contributed by atoms with Crippen molar-refractivity contribution in [1.82, 2.24) is 9.21 Å². The van der Waals surface area contributed by atoms with Crippen molar-refractivity contribution in [1.29, 1.82) is 5.26 Å². The maximum Gasteiger partial charge on any atom is 0.307 e. The van der Waals surface area contributed by atoms with Crippen LogP contribution in [-0.2, 0) is 14.8 Å². The van der Waals surface area contributed by atoms with E-state index in [0.29, 0.717) is 12.6 Å². The molecule has 3 aliphatic rings. The van der Waals surface area contributed by atoms with Gasteiger partial charge in [0.25, 0.3) is 0 Å². The van der Waals surface area contributed by atoms with Gasteiger partial charge in [-0.05, 0) is 62.7 Å². The molecule has 1 aromatic rings. The van der Waals surface area contributed by atoms with Crippen LogP contribution >= 0.6 is 0 Å². The summed E-state index contributed by atoms with van der Waals surface area (Å²) in [6.07, 6.45) is 7.22. The summed E-state index contributed by atoms with van der Waals surface area (Å²) in [7, 11) is -3.90. The molecule has 0 aliphatic carbocycles. The van der Waals surface area contributed by atoms with Gasteiger partial charge in [-0.15, -0.1) is 0 Å². The van der Waals surface area contributed by atoms with Gasteiger partial charge < -0.3 is 5.11 Å². The minimum absolute atomic E-state index is 0.0334. The third kappa shape index (κ3) is 3.78. The summed E-state index contributed by atoms with van der Waals surface area (Å²) in [6.45, 7) is 2.50. The molecular formula is C22H27N3O4S. The Bertz CT molecular complexity index is 982. The zero-order valence-electron chi connectivity index (χ0n) is 16.9. The Hall–Kier alpha value is -2.21. The molecule has 3 saturated heterocycles. The van der Waals surface area contributed by atoms with Crippen molar-refractivity contribution in [3.05, 3.63) is 42.0 Å². The van der Waals surface area contributed by atoms with Crippen molar-refractivity contribution in [3.63, 3.8) is 0 Å². The molecule has 3 heterocycles. The van der Waals surface area contributed by atoms with Gasteiger partial charge in [0.05, 0.1) is 16.9 Å². The lowest BCUT2D eigenvalue weighted by Crippen LogP contribution is -2.65. The van der Waals surface area contributed by atoms with Crippen LogP contribution in [0.15, 0.2) is 41.3 Å². The number of sulfonamides is 1. The summed E-state index contributed by atoms with van der Waals surface area (Å²) in [5, 5.41) is 18.5. The van der Waals surface area contributed by atoms with E-state index in [-0.39, 0.29) is 28.7 Å². The third-order valence-electron chi connectivity index (χ3n) is 6.75. The first-order valence-corrected chi connectivity index (χ1v) is 12.0. The molecule has 0 radical (unpaired) electrons. The number of nitrogens with zero attached hydrogens (tertiary/aromatic N) is 3. The van der Waals surface area contributed by atoms with Crippen molar-refractivity contribution in [2.75, 3.05) is 19.6 Å². The second-order valence-electron chi connectivity index (χ2n) is 8.43. The van der Waals surface area contributed by atoms with Gasteiger partial charge in [0.15, 0.2) is 0 Å². The SMILES string of the molecule is N#Cc1ccccc1S(=O)(=O)N1C[C@@H]2CCCN3CCC[C@@H]([C@H]23)[C@H]1/C=C\CC(=O)O. The fraction of sp³-hybridized carbons (Fsp3) is 0.545. The molecule has 1 aromatic carbocycles. The lowest BCUT2D eigenvalue weighted by Gasteiger charge is -2.56. The van der Waals surface area contributed by atoms with Crippen LogP contribution in [0.5, 0.6) is 0 Å². The van der Waals surface area contributed by atoms with Gasteiger partial charge >= 0.3 is 5.97 Å². The topological polar surface area (TPSA) is 102 Å². The molecular weight excluding hydrogens is 402 g/mol. The number of carboxylic acids is 1. The molecule has 30 heavy (non-hydrogen) atoms. The summed E-state index contributed by atoms with van der Waals surface area (Å²) in [5.41, 5.74) is 0.141. The van der Waals surface area contributed by atoms with Gasteiger partial charge in [0.1, 0.15) is 6.07 Å². The summed E-state index contributed by atoms with van der Waals surface area (Å²) >= 11 is 0. The highest BCUT2D eigenvalue weighted by atomic mass is 32.2. The molecule has 1 N–H and O–H groups in total. The molecule has 3 fully saturated rings. The zero-order valence-corrected chi connectivity index (χ0v) is 17.7. The van der Waals surface area contributed by atoms with Crippen molar-refractivity contribution in [2.45, 2.75) is 49.1 Å². The first-order chi connectivity index (χ1) is 14.4. The van der Waals surface area contributed by atoms with E-state index in [9.17, 15) is 18.5 Å². The van der Waals surface area contributed by atoms with Gasteiger partial charge in [-0.25, -0.2) is 8.42 Å². The third-order valence-corrected chi connectivity index (χ3v) is 8.67. The van der Waals surface area contributed by atoms with Crippen LogP contribution in [0.1, 0.15) is 37.7 Å². The Morgan fingerprint density at radius 2 is 1.97 bits per heavy atom. The van der Waals surface area contributed by atoms with E-state index >= 15 is 0 Å². The van der Waals surface area contributed by atoms with Crippen LogP contribution in [0.25, 0.3) is 0 Å². The number of carboxylic acid groups (broad SMARTS) is 1. The van der Waals surface area contributed by atoms with Crippen LogP contribution in [0.3, 0.4) is 0 Å². The maximum absolute atomic E-state index is 13.7. The van der Waals surface area contributed by atoms with Crippen molar-refractivity contribution < 1.29 is 18.3 Å². The van der Waals surface area contributed by atoms with Crippen LogP contribution < -0.4 is 0 Å². The van der Waals surface area contributed by atoms with Crippen molar-refractivity contribution in [2.24, 2.45) is 11.8 Å². The molecule has 160 valence electrons. The molecule has 0 unspecified atom stereocenters. The van der Waals surface area contributed by atoms with Crippen LogP contribution in [-0.4, -0.2) is 60.4 Å². The van der Waals surface area contributed by atoms with Gasteiger partial charge in [-0.2, -0.15) is 9.57 Å². The van der Waals surface area contributed by atoms with E-state index in [1.54, 1.807) is 28.6 Å². The molecule has 0 saturated carbocycles. The number of benzene rings is 1. The number of carbonyl (C=O) groups is 1. The van der Waals surface area contributed by atoms with Crippen LogP contribution in [0, 0.1) is 23.2 Å². The average Bonchev–Trinajstić information content (AvgIpc) is 2.75. The van der Waals surface area contributed by atoms with Crippen molar-refractivity contribution in [3.8, 4) is 6.07 Å². The zero-order chi connectivity index (χ0) is 21.3. The normalized spacial score (nSPS) is 30.0. The van der Waals surface area contributed by atoms with E-state index in [2.05, 4.69) is 4.90 Å². The summed E-state index contributed by atoms with van der Waals surface area (Å²) in [4.78, 5) is 13.6.